The summed E-state index contributed by atoms with van der Waals surface area (Å²) in [5.74, 6) is 0. The number of rotatable bonds is 2. The Labute approximate surface area is 101 Å². The van der Waals surface area contributed by atoms with E-state index >= 15 is 0 Å². The van der Waals surface area contributed by atoms with Crippen LogP contribution in [0.1, 0.15) is 31.2 Å². The molecule has 1 aromatic heterocycles. The predicted octanol–water partition coefficient (Wildman–Crippen LogP) is 3.47. The molecule has 0 unspecified atom stereocenters. The first-order valence-corrected chi connectivity index (χ1v) is 5.61. The minimum atomic E-state index is -4.54. The van der Waals surface area contributed by atoms with Gasteiger partial charge in [-0.25, -0.2) is 4.98 Å². The lowest BCUT2D eigenvalue weighted by atomic mass is 10.3. The maximum atomic E-state index is 12.4. The van der Waals surface area contributed by atoms with Crippen molar-refractivity contribution in [3.63, 3.8) is 0 Å². The van der Waals surface area contributed by atoms with Crippen LogP contribution in [0.5, 0.6) is 6.01 Å². The van der Waals surface area contributed by atoms with Gasteiger partial charge in [-0.2, -0.15) is 18.2 Å². The van der Waals surface area contributed by atoms with E-state index in [0.717, 1.165) is 25.7 Å². The summed E-state index contributed by atoms with van der Waals surface area (Å²) in [4.78, 5) is 7.05. The summed E-state index contributed by atoms with van der Waals surface area (Å²) >= 11 is 5.45. The zero-order chi connectivity index (χ0) is 12.5. The molecule has 7 heteroatoms. The van der Waals surface area contributed by atoms with Gasteiger partial charge >= 0.3 is 12.2 Å². The molecule has 0 bridgehead atoms. The standard InChI is InChI=1S/C10H10ClF3N2O/c11-8-7(10(12,13)14)5-15-9(16-8)17-6-3-1-2-4-6/h5-6H,1-4H2. The molecular weight excluding hydrogens is 257 g/mol. The fourth-order valence-corrected chi connectivity index (χ4v) is 1.98. The van der Waals surface area contributed by atoms with Crippen LogP contribution in [0.3, 0.4) is 0 Å². The van der Waals surface area contributed by atoms with Crippen molar-refractivity contribution in [3.8, 4) is 6.01 Å². The molecule has 2 rings (SSSR count). The Morgan fingerprint density at radius 2 is 1.94 bits per heavy atom. The molecule has 0 saturated heterocycles. The van der Waals surface area contributed by atoms with Crippen molar-refractivity contribution in [3.05, 3.63) is 16.9 Å². The molecule has 1 aromatic rings. The van der Waals surface area contributed by atoms with Crippen molar-refractivity contribution in [2.24, 2.45) is 0 Å². The summed E-state index contributed by atoms with van der Waals surface area (Å²) in [5, 5.41) is -0.625. The molecule has 17 heavy (non-hydrogen) atoms. The van der Waals surface area contributed by atoms with Crippen LogP contribution >= 0.6 is 11.6 Å². The minimum Gasteiger partial charge on any atom is -0.460 e. The Bertz CT molecular complexity index is 405. The summed E-state index contributed by atoms with van der Waals surface area (Å²) < 4.78 is 42.5. The van der Waals surface area contributed by atoms with Gasteiger partial charge < -0.3 is 4.74 Å². The van der Waals surface area contributed by atoms with E-state index < -0.39 is 16.9 Å². The highest BCUT2D eigenvalue weighted by molar-refractivity contribution is 6.30. The average molecular weight is 267 g/mol. The van der Waals surface area contributed by atoms with E-state index in [1.165, 1.54) is 0 Å². The van der Waals surface area contributed by atoms with Gasteiger partial charge in [0.2, 0.25) is 0 Å². The molecule has 1 aliphatic rings. The second-order valence-electron chi connectivity index (χ2n) is 3.88. The number of aromatic nitrogens is 2. The van der Waals surface area contributed by atoms with Gasteiger partial charge in [-0.15, -0.1) is 0 Å². The molecule has 0 atom stereocenters. The van der Waals surface area contributed by atoms with Crippen LogP contribution in [0.4, 0.5) is 13.2 Å². The van der Waals surface area contributed by atoms with E-state index in [9.17, 15) is 13.2 Å². The zero-order valence-corrected chi connectivity index (χ0v) is 9.55. The number of hydrogen-bond donors (Lipinski definition) is 0. The molecule has 94 valence electrons. The van der Waals surface area contributed by atoms with Gasteiger partial charge in [-0.05, 0) is 25.7 Å². The van der Waals surface area contributed by atoms with Crippen molar-refractivity contribution in [1.29, 1.82) is 0 Å². The van der Waals surface area contributed by atoms with Crippen LogP contribution in [0.2, 0.25) is 5.15 Å². The topological polar surface area (TPSA) is 35.0 Å². The zero-order valence-electron chi connectivity index (χ0n) is 8.80. The van der Waals surface area contributed by atoms with E-state index in [2.05, 4.69) is 9.97 Å². The van der Waals surface area contributed by atoms with Gasteiger partial charge in [0.1, 0.15) is 16.8 Å². The van der Waals surface area contributed by atoms with Crippen molar-refractivity contribution in [2.45, 2.75) is 38.0 Å². The molecule has 0 amide bonds. The molecule has 1 aliphatic carbocycles. The quantitative estimate of drug-likeness (QED) is 0.769. The molecule has 0 aliphatic heterocycles. The minimum absolute atomic E-state index is 0.0113. The van der Waals surface area contributed by atoms with Crippen molar-refractivity contribution in [2.75, 3.05) is 0 Å². The summed E-state index contributed by atoms with van der Waals surface area (Å²) in [7, 11) is 0. The van der Waals surface area contributed by atoms with Gasteiger partial charge in [0, 0.05) is 6.20 Å². The van der Waals surface area contributed by atoms with Crippen LogP contribution in [0, 0.1) is 0 Å². The predicted molar refractivity (Wildman–Crippen MR) is 54.9 cm³/mol. The summed E-state index contributed by atoms with van der Waals surface area (Å²) in [6, 6.07) is -0.0881. The highest BCUT2D eigenvalue weighted by Crippen LogP contribution is 2.34. The first-order chi connectivity index (χ1) is 7.97. The van der Waals surface area contributed by atoms with E-state index in [4.69, 9.17) is 16.3 Å². The molecule has 1 saturated carbocycles. The van der Waals surface area contributed by atoms with E-state index in [0.29, 0.717) is 6.20 Å². The van der Waals surface area contributed by atoms with Crippen LogP contribution in [0.15, 0.2) is 6.20 Å². The third kappa shape index (κ3) is 3.00. The number of ether oxygens (including phenoxy) is 1. The van der Waals surface area contributed by atoms with Crippen molar-refractivity contribution in [1.82, 2.24) is 9.97 Å². The maximum absolute atomic E-state index is 12.4. The second-order valence-corrected chi connectivity index (χ2v) is 4.24. The fraction of sp³-hybridized carbons (Fsp3) is 0.600. The lowest BCUT2D eigenvalue weighted by molar-refractivity contribution is -0.138. The highest BCUT2D eigenvalue weighted by Gasteiger charge is 2.35. The van der Waals surface area contributed by atoms with Crippen LogP contribution < -0.4 is 4.74 Å². The Morgan fingerprint density at radius 1 is 1.29 bits per heavy atom. The van der Waals surface area contributed by atoms with Gasteiger partial charge in [0.15, 0.2) is 0 Å². The number of nitrogens with zero attached hydrogens (tertiary/aromatic N) is 2. The fourth-order valence-electron chi connectivity index (χ4n) is 1.75. The number of hydrogen-bond acceptors (Lipinski definition) is 3. The Morgan fingerprint density at radius 3 is 2.47 bits per heavy atom. The van der Waals surface area contributed by atoms with Gasteiger partial charge in [-0.3, -0.25) is 0 Å². The smallest absolute Gasteiger partial charge is 0.420 e. The SMILES string of the molecule is FC(F)(F)c1cnc(OC2CCCC2)nc1Cl. The van der Waals surface area contributed by atoms with Crippen LogP contribution in [-0.4, -0.2) is 16.1 Å². The summed E-state index contributed by atoms with van der Waals surface area (Å²) in [6.45, 7) is 0. The third-order valence-electron chi connectivity index (χ3n) is 2.60. The maximum Gasteiger partial charge on any atom is 0.420 e. The molecular formula is C10H10ClF3N2O. The second kappa shape index (κ2) is 4.68. The first-order valence-electron chi connectivity index (χ1n) is 5.23. The molecule has 0 spiro atoms. The third-order valence-corrected chi connectivity index (χ3v) is 2.89. The van der Waals surface area contributed by atoms with Crippen molar-refractivity contribution >= 4 is 11.6 Å². The number of alkyl halides is 3. The molecule has 0 N–H and O–H groups in total. The molecule has 0 aromatic carbocycles. The lowest BCUT2D eigenvalue weighted by Gasteiger charge is -2.12. The van der Waals surface area contributed by atoms with E-state index in [1.807, 2.05) is 0 Å². The largest absolute Gasteiger partial charge is 0.460 e. The summed E-state index contributed by atoms with van der Waals surface area (Å²) in [6.07, 6.45) is -0.0344. The Balaban J connectivity index is 2.13. The molecule has 1 fully saturated rings. The molecule has 1 heterocycles. The monoisotopic (exact) mass is 266 g/mol. The highest BCUT2D eigenvalue weighted by atomic mass is 35.5. The van der Waals surface area contributed by atoms with E-state index in [-0.39, 0.29) is 12.1 Å². The normalized spacial score (nSPS) is 17.4. The lowest BCUT2D eigenvalue weighted by Crippen LogP contribution is -2.14. The van der Waals surface area contributed by atoms with Gasteiger partial charge in [-0.1, -0.05) is 11.6 Å². The molecule has 0 radical (unpaired) electrons. The van der Waals surface area contributed by atoms with Crippen LogP contribution in [0.25, 0.3) is 0 Å². The Kier molecular flexibility index (Phi) is 3.42. The number of halogens is 4. The first kappa shape index (κ1) is 12.4. The van der Waals surface area contributed by atoms with Crippen molar-refractivity contribution < 1.29 is 17.9 Å². The van der Waals surface area contributed by atoms with Gasteiger partial charge in [0.25, 0.3) is 0 Å². The van der Waals surface area contributed by atoms with Crippen LogP contribution in [-0.2, 0) is 6.18 Å². The van der Waals surface area contributed by atoms with E-state index in [1.54, 1.807) is 0 Å². The summed E-state index contributed by atoms with van der Waals surface area (Å²) in [5.41, 5.74) is -1.04. The average Bonchev–Trinajstić information content (AvgIpc) is 2.68. The van der Waals surface area contributed by atoms with Gasteiger partial charge in [0.05, 0.1) is 0 Å². The Hall–Kier alpha value is -1.04. The molecule has 3 nitrogen and oxygen atoms in total.